The van der Waals surface area contributed by atoms with Crippen molar-refractivity contribution in [3.05, 3.63) is 51.7 Å². The van der Waals surface area contributed by atoms with Gasteiger partial charge in [-0.3, -0.25) is 9.69 Å². The Labute approximate surface area is 151 Å². The van der Waals surface area contributed by atoms with Crippen molar-refractivity contribution >= 4 is 34.5 Å². The number of benzene rings is 1. The molecule has 24 heavy (non-hydrogen) atoms. The Kier molecular flexibility index (Phi) is 6.26. The zero-order chi connectivity index (χ0) is 16.8. The van der Waals surface area contributed by atoms with Crippen LogP contribution in [-0.4, -0.2) is 36.6 Å². The van der Waals surface area contributed by atoms with E-state index in [1.54, 1.807) is 23.5 Å². The van der Waals surface area contributed by atoms with Crippen LogP contribution in [0.15, 0.2) is 41.8 Å². The van der Waals surface area contributed by atoms with Gasteiger partial charge in [-0.25, -0.2) is 0 Å². The number of carbonyl (C=O) groups is 1. The van der Waals surface area contributed by atoms with E-state index in [2.05, 4.69) is 21.7 Å². The Morgan fingerprint density at radius 3 is 3.00 bits per heavy atom. The highest BCUT2D eigenvalue weighted by molar-refractivity contribution is 7.09. The van der Waals surface area contributed by atoms with E-state index in [1.165, 1.54) is 4.88 Å². The molecule has 1 aliphatic heterocycles. The topological polar surface area (TPSA) is 41.6 Å². The largest absolute Gasteiger partial charge is 0.377 e. The summed E-state index contributed by atoms with van der Waals surface area (Å²) in [4.78, 5) is 15.8. The third-order valence-corrected chi connectivity index (χ3v) is 5.02. The van der Waals surface area contributed by atoms with Crippen molar-refractivity contribution in [2.75, 3.05) is 25.0 Å². The number of nitrogens with zero attached hydrogens (tertiary/aromatic N) is 1. The lowest BCUT2D eigenvalue weighted by Crippen LogP contribution is -2.37. The van der Waals surface area contributed by atoms with Gasteiger partial charge in [0.1, 0.15) is 0 Å². The summed E-state index contributed by atoms with van der Waals surface area (Å²) in [6.45, 7) is 2.71. The fourth-order valence-electron chi connectivity index (χ4n) is 2.85. The highest BCUT2D eigenvalue weighted by Crippen LogP contribution is 2.18. The third-order valence-electron chi connectivity index (χ3n) is 3.92. The van der Waals surface area contributed by atoms with Gasteiger partial charge >= 0.3 is 0 Å². The number of carbonyl (C=O) groups excluding carboxylic acids is 1. The van der Waals surface area contributed by atoms with E-state index in [1.807, 2.05) is 18.2 Å². The Morgan fingerprint density at radius 2 is 2.29 bits per heavy atom. The smallest absolute Gasteiger partial charge is 0.238 e. The number of nitrogens with one attached hydrogen (secondary N) is 1. The maximum Gasteiger partial charge on any atom is 0.238 e. The third kappa shape index (κ3) is 5.31. The van der Waals surface area contributed by atoms with Crippen molar-refractivity contribution in [1.29, 1.82) is 0 Å². The second-order valence-electron chi connectivity index (χ2n) is 5.94. The van der Waals surface area contributed by atoms with Gasteiger partial charge in [0.15, 0.2) is 0 Å². The first kappa shape index (κ1) is 17.4. The lowest BCUT2D eigenvalue weighted by atomic mass is 10.2. The predicted octanol–water partition coefficient (Wildman–Crippen LogP) is 4.02. The van der Waals surface area contributed by atoms with Gasteiger partial charge in [-0.1, -0.05) is 23.7 Å². The van der Waals surface area contributed by atoms with Crippen LogP contribution in [0, 0.1) is 0 Å². The molecular formula is C18H21ClN2O2S. The van der Waals surface area contributed by atoms with Crippen molar-refractivity contribution in [3.63, 3.8) is 0 Å². The lowest BCUT2D eigenvalue weighted by Gasteiger charge is -2.24. The summed E-state index contributed by atoms with van der Waals surface area (Å²) < 4.78 is 5.73. The summed E-state index contributed by atoms with van der Waals surface area (Å²) in [5, 5.41) is 5.59. The minimum Gasteiger partial charge on any atom is -0.377 e. The molecule has 0 unspecified atom stereocenters. The first-order chi connectivity index (χ1) is 11.7. The molecule has 1 N–H and O–H groups in total. The van der Waals surface area contributed by atoms with E-state index in [0.29, 0.717) is 11.6 Å². The maximum absolute atomic E-state index is 12.4. The molecule has 0 aliphatic carbocycles. The van der Waals surface area contributed by atoms with Gasteiger partial charge in [0, 0.05) is 35.3 Å². The highest BCUT2D eigenvalue weighted by atomic mass is 35.5. The quantitative estimate of drug-likeness (QED) is 0.806. The molecule has 1 atom stereocenters. The van der Waals surface area contributed by atoms with Gasteiger partial charge in [-0.2, -0.15) is 0 Å². The maximum atomic E-state index is 12.4. The standard InChI is InChI=1S/C18H21ClN2O2S/c19-14-4-1-5-15(10-14)20-18(22)13-21(11-16-6-2-8-23-16)12-17-7-3-9-24-17/h1,3-5,7,9-10,16H,2,6,8,11-13H2,(H,20,22)/t16-/m0/s1. The van der Waals surface area contributed by atoms with Gasteiger partial charge in [0.25, 0.3) is 0 Å². The summed E-state index contributed by atoms with van der Waals surface area (Å²) in [7, 11) is 0. The summed E-state index contributed by atoms with van der Waals surface area (Å²) in [5.41, 5.74) is 0.723. The Hall–Kier alpha value is -1.40. The van der Waals surface area contributed by atoms with Crippen molar-refractivity contribution < 1.29 is 9.53 Å². The molecule has 1 amide bonds. The molecule has 2 aromatic rings. The number of halogens is 1. The van der Waals surface area contributed by atoms with Crippen LogP contribution in [0.1, 0.15) is 17.7 Å². The van der Waals surface area contributed by atoms with Crippen molar-refractivity contribution in [2.24, 2.45) is 0 Å². The van der Waals surface area contributed by atoms with Gasteiger partial charge in [0.2, 0.25) is 5.91 Å². The summed E-state index contributed by atoms with van der Waals surface area (Å²) in [6.07, 6.45) is 2.40. The lowest BCUT2D eigenvalue weighted by molar-refractivity contribution is -0.117. The van der Waals surface area contributed by atoms with E-state index in [4.69, 9.17) is 16.3 Å². The average Bonchev–Trinajstić information content (AvgIpc) is 3.21. The zero-order valence-electron chi connectivity index (χ0n) is 13.4. The monoisotopic (exact) mass is 364 g/mol. The van der Waals surface area contributed by atoms with Crippen molar-refractivity contribution in [3.8, 4) is 0 Å². The number of hydrogen-bond acceptors (Lipinski definition) is 4. The van der Waals surface area contributed by atoms with E-state index in [9.17, 15) is 4.79 Å². The highest BCUT2D eigenvalue weighted by Gasteiger charge is 2.21. The van der Waals surface area contributed by atoms with E-state index >= 15 is 0 Å². The van der Waals surface area contributed by atoms with E-state index in [0.717, 1.165) is 38.2 Å². The van der Waals surface area contributed by atoms with Crippen LogP contribution < -0.4 is 5.32 Å². The molecule has 1 fully saturated rings. The molecule has 128 valence electrons. The molecule has 3 rings (SSSR count). The summed E-state index contributed by atoms with van der Waals surface area (Å²) >= 11 is 7.68. The van der Waals surface area contributed by atoms with Crippen LogP contribution in [0.3, 0.4) is 0 Å². The second-order valence-corrected chi connectivity index (χ2v) is 7.41. The number of hydrogen-bond donors (Lipinski definition) is 1. The molecule has 1 aromatic carbocycles. The number of thiophene rings is 1. The molecule has 4 nitrogen and oxygen atoms in total. The molecule has 1 aromatic heterocycles. The van der Waals surface area contributed by atoms with Crippen LogP contribution in [-0.2, 0) is 16.1 Å². The number of amides is 1. The van der Waals surface area contributed by atoms with Gasteiger partial charge in [-0.15, -0.1) is 11.3 Å². The fourth-order valence-corrected chi connectivity index (χ4v) is 3.79. The summed E-state index contributed by atoms with van der Waals surface area (Å²) in [6, 6.07) is 11.3. The first-order valence-corrected chi connectivity index (χ1v) is 9.36. The first-order valence-electron chi connectivity index (χ1n) is 8.11. The molecule has 0 saturated carbocycles. The van der Waals surface area contributed by atoms with Crippen molar-refractivity contribution in [2.45, 2.75) is 25.5 Å². The molecule has 0 spiro atoms. The average molecular weight is 365 g/mol. The minimum atomic E-state index is -0.0354. The van der Waals surface area contributed by atoms with Gasteiger partial charge < -0.3 is 10.1 Å². The van der Waals surface area contributed by atoms with Crippen LogP contribution >= 0.6 is 22.9 Å². The molecule has 2 heterocycles. The summed E-state index contributed by atoms with van der Waals surface area (Å²) in [5.74, 6) is -0.0354. The van der Waals surface area contributed by atoms with Crippen LogP contribution in [0.5, 0.6) is 0 Å². The molecule has 0 radical (unpaired) electrons. The molecule has 6 heteroatoms. The normalized spacial score (nSPS) is 17.3. The van der Waals surface area contributed by atoms with Crippen LogP contribution in [0.25, 0.3) is 0 Å². The number of anilines is 1. The molecule has 1 aliphatic rings. The predicted molar refractivity (Wildman–Crippen MR) is 98.7 cm³/mol. The fraction of sp³-hybridized carbons (Fsp3) is 0.389. The van der Waals surface area contributed by atoms with Crippen molar-refractivity contribution in [1.82, 2.24) is 4.90 Å². The van der Waals surface area contributed by atoms with Gasteiger partial charge in [-0.05, 0) is 42.5 Å². The Balaban J connectivity index is 1.60. The zero-order valence-corrected chi connectivity index (χ0v) is 15.0. The molecular weight excluding hydrogens is 344 g/mol. The van der Waals surface area contributed by atoms with Crippen LogP contribution in [0.4, 0.5) is 5.69 Å². The number of ether oxygens (including phenoxy) is 1. The Bertz CT molecular complexity index is 657. The number of rotatable bonds is 7. The molecule has 1 saturated heterocycles. The second kappa shape index (κ2) is 8.62. The minimum absolute atomic E-state index is 0.0354. The molecule has 0 bridgehead atoms. The SMILES string of the molecule is O=C(CN(Cc1cccs1)C[C@@H]1CCCO1)Nc1cccc(Cl)c1. The van der Waals surface area contributed by atoms with Gasteiger partial charge in [0.05, 0.1) is 12.6 Å². The van der Waals surface area contributed by atoms with E-state index in [-0.39, 0.29) is 12.0 Å². The van der Waals surface area contributed by atoms with E-state index < -0.39 is 0 Å². The Morgan fingerprint density at radius 1 is 1.38 bits per heavy atom. The van der Waals surface area contributed by atoms with Crippen LogP contribution in [0.2, 0.25) is 5.02 Å².